The van der Waals surface area contributed by atoms with Gasteiger partial charge in [-0.2, -0.15) is 5.01 Å². The summed E-state index contributed by atoms with van der Waals surface area (Å²) in [4.78, 5) is 9.54. The second kappa shape index (κ2) is 2.75. The van der Waals surface area contributed by atoms with E-state index in [0.717, 1.165) is 19.5 Å². The summed E-state index contributed by atoms with van der Waals surface area (Å²) in [7, 11) is 0. The molecule has 0 aromatic rings. The van der Waals surface area contributed by atoms with Gasteiger partial charge in [-0.05, 0) is 6.42 Å². The van der Waals surface area contributed by atoms with E-state index in [1.165, 1.54) is 0 Å². The lowest BCUT2D eigenvalue weighted by Gasteiger charge is -2.07. The molecular formula is C4H9N3O2. The Bertz CT molecular complexity index is 110. The lowest BCUT2D eigenvalue weighted by molar-refractivity contribution is -0.506. The summed E-state index contributed by atoms with van der Waals surface area (Å²) < 4.78 is 0. The summed E-state index contributed by atoms with van der Waals surface area (Å²) in [5.41, 5.74) is 2.88. The first-order valence-electron chi connectivity index (χ1n) is 2.89. The third-order valence-corrected chi connectivity index (χ3v) is 1.23. The third kappa shape index (κ3) is 1.95. The Hall–Kier alpha value is -0.680. The van der Waals surface area contributed by atoms with Crippen LogP contribution in [0.25, 0.3) is 0 Å². The van der Waals surface area contributed by atoms with Gasteiger partial charge < -0.3 is 0 Å². The number of hydrazine groups is 1. The fourth-order valence-electron chi connectivity index (χ4n) is 0.846. The van der Waals surface area contributed by atoms with Crippen LogP contribution in [0.3, 0.4) is 0 Å². The molecule has 0 unspecified atom stereocenters. The van der Waals surface area contributed by atoms with Crippen LogP contribution in [0.15, 0.2) is 0 Å². The summed E-state index contributed by atoms with van der Waals surface area (Å²) in [6.07, 6.45) is 1.01. The van der Waals surface area contributed by atoms with Crippen molar-refractivity contribution < 1.29 is 4.92 Å². The van der Waals surface area contributed by atoms with Crippen LogP contribution >= 0.6 is 0 Å². The molecule has 1 saturated heterocycles. The Morgan fingerprint density at radius 2 is 2.56 bits per heavy atom. The van der Waals surface area contributed by atoms with Crippen molar-refractivity contribution in [1.82, 2.24) is 10.4 Å². The van der Waals surface area contributed by atoms with Crippen molar-refractivity contribution in [1.29, 1.82) is 0 Å². The normalized spacial score (nSPS) is 20.4. The topological polar surface area (TPSA) is 58.4 Å². The summed E-state index contributed by atoms with van der Waals surface area (Å²) in [6, 6.07) is 0. The second-order valence-corrected chi connectivity index (χ2v) is 2.00. The average Bonchev–Trinajstić information content (AvgIpc) is 2.15. The van der Waals surface area contributed by atoms with Gasteiger partial charge in [0.2, 0.25) is 0 Å². The van der Waals surface area contributed by atoms with Gasteiger partial charge in [0.15, 0.2) is 0 Å². The van der Waals surface area contributed by atoms with E-state index in [-0.39, 0.29) is 11.6 Å². The second-order valence-electron chi connectivity index (χ2n) is 2.00. The highest BCUT2D eigenvalue weighted by Gasteiger charge is 2.14. The Labute approximate surface area is 52.8 Å². The van der Waals surface area contributed by atoms with Crippen molar-refractivity contribution >= 4 is 0 Å². The molecular weight excluding hydrogens is 122 g/mol. The molecule has 0 saturated carbocycles. The minimum atomic E-state index is -0.335. The molecule has 0 atom stereocenters. The van der Waals surface area contributed by atoms with Crippen LogP contribution in [-0.2, 0) is 0 Å². The molecule has 0 radical (unpaired) electrons. The molecule has 1 aliphatic rings. The van der Waals surface area contributed by atoms with Gasteiger partial charge in [-0.25, -0.2) is 5.43 Å². The van der Waals surface area contributed by atoms with E-state index in [9.17, 15) is 10.1 Å². The minimum Gasteiger partial charge on any atom is -0.263 e. The van der Waals surface area contributed by atoms with Crippen LogP contribution < -0.4 is 5.43 Å². The predicted octanol–water partition coefficient (Wildman–Crippen LogP) is -0.569. The quantitative estimate of drug-likeness (QED) is 0.403. The van der Waals surface area contributed by atoms with Gasteiger partial charge in [-0.3, -0.25) is 10.1 Å². The van der Waals surface area contributed by atoms with E-state index in [1.54, 1.807) is 5.01 Å². The predicted molar refractivity (Wildman–Crippen MR) is 31.2 cm³/mol. The SMILES string of the molecule is O=[N+]([O-])CN1CCCN1. The van der Waals surface area contributed by atoms with Crippen LogP contribution in [0.2, 0.25) is 0 Å². The zero-order valence-corrected chi connectivity index (χ0v) is 5.04. The van der Waals surface area contributed by atoms with E-state index < -0.39 is 0 Å². The van der Waals surface area contributed by atoms with Crippen molar-refractivity contribution in [3.8, 4) is 0 Å². The minimum absolute atomic E-state index is 0.0833. The van der Waals surface area contributed by atoms with E-state index in [1.807, 2.05) is 0 Å². The summed E-state index contributed by atoms with van der Waals surface area (Å²) in [5, 5.41) is 11.5. The number of hydrogen-bond acceptors (Lipinski definition) is 4. The van der Waals surface area contributed by atoms with Crippen molar-refractivity contribution in [3.63, 3.8) is 0 Å². The van der Waals surface area contributed by atoms with Gasteiger partial charge in [0.1, 0.15) is 0 Å². The number of hydrogen-bond donors (Lipinski definition) is 1. The first-order chi connectivity index (χ1) is 4.29. The molecule has 0 aliphatic carbocycles. The maximum absolute atomic E-state index is 9.88. The molecule has 1 aliphatic heterocycles. The molecule has 1 fully saturated rings. The summed E-state index contributed by atoms with van der Waals surface area (Å²) in [6.45, 7) is 1.58. The average molecular weight is 131 g/mol. The monoisotopic (exact) mass is 131 g/mol. The van der Waals surface area contributed by atoms with Gasteiger partial charge in [-0.1, -0.05) is 0 Å². The number of nitro groups is 1. The van der Waals surface area contributed by atoms with Crippen LogP contribution in [-0.4, -0.2) is 29.7 Å². The van der Waals surface area contributed by atoms with Crippen LogP contribution in [0.1, 0.15) is 6.42 Å². The summed E-state index contributed by atoms with van der Waals surface area (Å²) >= 11 is 0. The van der Waals surface area contributed by atoms with Crippen molar-refractivity contribution in [2.75, 3.05) is 19.8 Å². The highest BCUT2D eigenvalue weighted by molar-refractivity contribution is 4.56. The molecule has 0 spiro atoms. The first kappa shape index (κ1) is 6.44. The molecule has 52 valence electrons. The zero-order chi connectivity index (χ0) is 6.69. The van der Waals surface area contributed by atoms with Gasteiger partial charge in [0.05, 0.1) is 0 Å². The summed E-state index contributed by atoms with van der Waals surface area (Å²) in [5.74, 6) is 0. The third-order valence-electron chi connectivity index (χ3n) is 1.23. The standard InChI is InChI=1S/C4H9N3O2/c8-7(9)4-6-3-1-2-5-6/h5H,1-4H2. The number of rotatable bonds is 2. The maximum atomic E-state index is 9.88. The van der Waals surface area contributed by atoms with Crippen LogP contribution in [0, 0.1) is 10.1 Å². The Morgan fingerprint density at radius 3 is 3.00 bits per heavy atom. The van der Waals surface area contributed by atoms with E-state index in [4.69, 9.17) is 0 Å². The van der Waals surface area contributed by atoms with E-state index in [2.05, 4.69) is 5.43 Å². The van der Waals surface area contributed by atoms with Gasteiger partial charge >= 0.3 is 0 Å². The Kier molecular flexibility index (Phi) is 1.96. The molecule has 1 N–H and O–H groups in total. The molecule has 1 rings (SSSR count). The van der Waals surface area contributed by atoms with Gasteiger partial charge in [-0.15, -0.1) is 0 Å². The van der Waals surface area contributed by atoms with E-state index >= 15 is 0 Å². The van der Waals surface area contributed by atoms with Crippen molar-refractivity contribution in [2.24, 2.45) is 0 Å². The first-order valence-corrected chi connectivity index (χ1v) is 2.89. The zero-order valence-electron chi connectivity index (χ0n) is 5.04. The van der Waals surface area contributed by atoms with Crippen LogP contribution in [0.4, 0.5) is 0 Å². The Balaban J connectivity index is 2.19. The van der Waals surface area contributed by atoms with Gasteiger partial charge in [0.25, 0.3) is 6.67 Å². The maximum Gasteiger partial charge on any atom is 0.271 e. The highest BCUT2D eigenvalue weighted by atomic mass is 16.6. The van der Waals surface area contributed by atoms with Crippen LogP contribution in [0.5, 0.6) is 0 Å². The molecule has 0 aromatic carbocycles. The lowest BCUT2D eigenvalue weighted by atomic mass is 10.5. The molecule has 0 aromatic heterocycles. The van der Waals surface area contributed by atoms with Gasteiger partial charge in [0, 0.05) is 18.0 Å². The molecule has 9 heavy (non-hydrogen) atoms. The lowest BCUT2D eigenvalue weighted by Crippen LogP contribution is -2.35. The fourth-order valence-corrected chi connectivity index (χ4v) is 0.846. The molecule has 5 nitrogen and oxygen atoms in total. The number of nitrogens with zero attached hydrogens (tertiary/aromatic N) is 2. The Morgan fingerprint density at radius 1 is 1.78 bits per heavy atom. The molecule has 0 amide bonds. The highest BCUT2D eigenvalue weighted by Crippen LogP contribution is 1.93. The molecule has 1 heterocycles. The smallest absolute Gasteiger partial charge is 0.263 e. The van der Waals surface area contributed by atoms with E-state index in [0.29, 0.717) is 0 Å². The fraction of sp³-hybridized carbons (Fsp3) is 1.00. The largest absolute Gasteiger partial charge is 0.271 e. The van der Waals surface area contributed by atoms with Crippen molar-refractivity contribution in [3.05, 3.63) is 10.1 Å². The number of nitrogens with one attached hydrogen (secondary N) is 1. The molecule has 5 heteroatoms. The molecule has 0 bridgehead atoms. The van der Waals surface area contributed by atoms with Crippen molar-refractivity contribution in [2.45, 2.75) is 6.42 Å².